The Morgan fingerprint density at radius 1 is 1.21 bits per heavy atom. The average molecular weight is 489 g/mol. The number of anilines is 2. The number of aromatic nitrogens is 5. The molecular weight excluding hydrogens is 471 g/mol. The second-order valence-electron chi connectivity index (χ2n) is 7.57. The van der Waals surface area contributed by atoms with Gasteiger partial charge in [0, 0.05) is 30.8 Å². The zero-order valence-corrected chi connectivity index (χ0v) is 18.6. The maximum Gasteiger partial charge on any atom is 0.416 e. The van der Waals surface area contributed by atoms with E-state index in [2.05, 4.69) is 20.4 Å². The van der Waals surface area contributed by atoms with Crippen molar-refractivity contribution >= 4 is 42.5 Å². The molecule has 0 fully saturated rings. The Hall–Kier alpha value is -3.87. The van der Waals surface area contributed by atoms with Crippen molar-refractivity contribution in [3.8, 4) is 0 Å². The number of benzene rings is 1. The first kappa shape index (κ1) is 23.3. The van der Waals surface area contributed by atoms with E-state index in [1.807, 2.05) is 6.92 Å². The van der Waals surface area contributed by atoms with Crippen molar-refractivity contribution in [3.63, 3.8) is 0 Å². The van der Waals surface area contributed by atoms with Gasteiger partial charge in [0.25, 0.3) is 11.8 Å². The first-order chi connectivity index (χ1) is 15.7. The fraction of sp³-hybridized carbons (Fsp3) is 0.190. The van der Waals surface area contributed by atoms with Gasteiger partial charge >= 0.3 is 6.18 Å². The third kappa shape index (κ3) is 3.98. The van der Waals surface area contributed by atoms with E-state index in [1.165, 1.54) is 34.1 Å². The molecule has 4 aromatic rings. The highest BCUT2D eigenvalue weighted by Gasteiger charge is 2.35. The molecule has 0 spiro atoms. The molecule has 0 saturated carbocycles. The maximum absolute atomic E-state index is 13.2. The van der Waals surface area contributed by atoms with Crippen molar-refractivity contribution in [1.82, 2.24) is 24.1 Å². The van der Waals surface area contributed by atoms with Crippen molar-refractivity contribution in [2.45, 2.75) is 19.1 Å². The quantitative estimate of drug-likeness (QED) is 0.475. The van der Waals surface area contributed by atoms with Crippen LogP contribution in [0.3, 0.4) is 0 Å². The predicted octanol–water partition coefficient (Wildman–Crippen LogP) is 3.53. The molecule has 1 atom stereocenters. The Labute approximate surface area is 197 Å². The summed E-state index contributed by atoms with van der Waals surface area (Å²) in [5.41, 5.74) is -0.0772. The van der Waals surface area contributed by atoms with Crippen LogP contribution in [-0.2, 0) is 6.18 Å². The summed E-state index contributed by atoms with van der Waals surface area (Å²) in [6.45, 7) is 2.03. The van der Waals surface area contributed by atoms with Gasteiger partial charge in [-0.3, -0.25) is 18.7 Å². The molecule has 5 rings (SSSR count). The summed E-state index contributed by atoms with van der Waals surface area (Å²) in [5.74, 6) is -0.696. The Kier molecular flexibility index (Phi) is 5.81. The largest absolute Gasteiger partial charge is 0.416 e. The molecular formula is C21H18F3N7O2S. The number of hydrogen-bond acceptors (Lipinski definition) is 5. The molecule has 3 aromatic heterocycles. The van der Waals surface area contributed by atoms with E-state index in [9.17, 15) is 22.8 Å². The molecule has 1 aliphatic rings. The Balaban J connectivity index is 0.00000274. The zero-order chi connectivity index (χ0) is 23.3. The number of carbonyl (C=O) groups is 2. The first-order valence-electron chi connectivity index (χ1n) is 9.90. The number of imidazole rings is 1. The summed E-state index contributed by atoms with van der Waals surface area (Å²) in [5, 5.41) is 6.88. The number of fused-ring (bicyclic) bond motifs is 2. The number of rotatable bonds is 3. The van der Waals surface area contributed by atoms with Crippen LogP contribution in [0.25, 0.3) is 5.78 Å². The molecule has 34 heavy (non-hydrogen) atoms. The number of nitrogens with one attached hydrogen (secondary N) is 1. The van der Waals surface area contributed by atoms with E-state index in [0.717, 1.165) is 12.1 Å². The summed E-state index contributed by atoms with van der Waals surface area (Å²) in [6, 6.07) is 5.78. The summed E-state index contributed by atoms with van der Waals surface area (Å²) < 4.78 is 41.8. The fourth-order valence-electron chi connectivity index (χ4n) is 3.73. The van der Waals surface area contributed by atoms with Gasteiger partial charge in [0.1, 0.15) is 5.69 Å². The van der Waals surface area contributed by atoms with Crippen molar-refractivity contribution < 1.29 is 22.8 Å². The van der Waals surface area contributed by atoms with E-state index in [-0.39, 0.29) is 43.2 Å². The van der Waals surface area contributed by atoms with Crippen molar-refractivity contribution in [2.75, 3.05) is 16.8 Å². The van der Waals surface area contributed by atoms with Crippen molar-refractivity contribution in [2.24, 2.45) is 0 Å². The third-order valence-corrected chi connectivity index (χ3v) is 5.33. The molecule has 4 heterocycles. The molecule has 0 unspecified atom stereocenters. The number of halogens is 3. The molecule has 176 valence electrons. The highest BCUT2D eigenvalue weighted by Crippen LogP contribution is 2.33. The van der Waals surface area contributed by atoms with E-state index in [4.69, 9.17) is 0 Å². The molecule has 0 bridgehead atoms. The first-order valence-corrected chi connectivity index (χ1v) is 9.90. The van der Waals surface area contributed by atoms with Crippen LogP contribution in [0.1, 0.15) is 39.5 Å². The van der Waals surface area contributed by atoms with Crippen LogP contribution < -0.4 is 10.2 Å². The lowest BCUT2D eigenvalue weighted by atomic mass is 10.1. The average Bonchev–Trinajstić information content (AvgIpc) is 3.41. The second kappa shape index (κ2) is 8.48. The van der Waals surface area contributed by atoms with E-state index < -0.39 is 23.6 Å². The number of nitrogens with zero attached hydrogens (tertiary/aromatic N) is 6. The summed E-state index contributed by atoms with van der Waals surface area (Å²) in [7, 11) is 0. The van der Waals surface area contributed by atoms with E-state index in [1.54, 1.807) is 22.9 Å². The highest BCUT2D eigenvalue weighted by atomic mass is 32.1. The Bertz CT molecular complexity index is 1350. The normalized spacial score (nSPS) is 15.7. The van der Waals surface area contributed by atoms with Gasteiger partial charge < -0.3 is 10.2 Å². The van der Waals surface area contributed by atoms with E-state index >= 15 is 0 Å². The Morgan fingerprint density at radius 3 is 2.62 bits per heavy atom. The van der Waals surface area contributed by atoms with Crippen LogP contribution >= 0.6 is 13.5 Å². The van der Waals surface area contributed by atoms with Gasteiger partial charge in [0.15, 0.2) is 5.69 Å². The number of amides is 2. The number of hydrogen-bond donors (Lipinski definition) is 1. The predicted molar refractivity (Wildman–Crippen MR) is 121 cm³/mol. The molecule has 0 saturated heterocycles. The lowest BCUT2D eigenvalue weighted by molar-refractivity contribution is -0.137. The van der Waals surface area contributed by atoms with Gasteiger partial charge in [0.05, 0.1) is 23.5 Å². The van der Waals surface area contributed by atoms with Crippen molar-refractivity contribution in [1.29, 1.82) is 0 Å². The lowest BCUT2D eigenvalue weighted by Gasteiger charge is -2.32. The minimum atomic E-state index is -4.47. The smallest absolute Gasteiger partial charge is 0.317 e. The molecule has 0 radical (unpaired) electrons. The van der Waals surface area contributed by atoms with Crippen LogP contribution in [0, 0.1) is 0 Å². The lowest BCUT2D eigenvalue weighted by Crippen LogP contribution is -2.43. The zero-order valence-electron chi connectivity index (χ0n) is 17.6. The maximum atomic E-state index is 13.2. The van der Waals surface area contributed by atoms with Gasteiger partial charge in [0.2, 0.25) is 5.78 Å². The van der Waals surface area contributed by atoms with Gasteiger partial charge in [-0.1, -0.05) is 0 Å². The van der Waals surface area contributed by atoms with Gasteiger partial charge in [-0.05, 0) is 37.3 Å². The summed E-state index contributed by atoms with van der Waals surface area (Å²) in [4.78, 5) is 35.6. The minimum absolute atomic E-state index is 0. The van der Waals surface area contributed by atoms with Crippen LogP contribution in [0.4, 0.5) is 24.5 Å². The van der Waals surface area contributed by atoms with Crippen LogP contribution in [-0.4, -0.2) is 42.5 Å². The standard InChI is InChI=1S/C21H16F3N7O2.H2S/c1-12-10-30(14-5-3-13(4-6-14)21(22,23)24)19(33)17-15(9-26-31(12)17)27-18(32)16-11-29-8-2-7-25-20(29)28-16;/h2-9,11-12H,10H2,1H3,(H,27,32);1H2/t12-;/m0./s1. The monoisotopic (exact) mass is 489 g/mol. The third-order valence-electron chi connectivity index (χ3n) is 5.33. The second-order valence-corrected chi connectivity index (χ2v) is 7.57. The number of alkyl halides is 3. The van der Waals surface area contributed by atoms with Gasteiger partial charge in [-0.15, -0.1) is 0 Å². The minimum Gasteiger partial charge on any atom is -0.317 e. The summed E-state index contributed by atoms with van der Waals surface area (Å²) in [6.07, 6.45) is 1.65. The fourth-order valence-corrected chi connectivity index (χ4v) is 3.73. The number of carbonyl (C=O) groups excluding carboxylic acids is 2. The molecule has 1 N–H and O–H groups in total. The topological polar surface area (TPSA) is 97.4 Å². The Morgan fingerprint density at radius 2 is 1.94 bits per heavy atom. The van der Waals surface area contributed by atoms with Crippen LogP contribution in [0.5, 0.6) is 0 Å². The molecule has 2 amide bonds. The van der Waals surface area contributed by atoms with Crippen LogP contribution in [0.15, 0.2) is 55.1 Å². The molecule has 1 aromatic carbocycles. The molecule has 13 heteroatoms. The molecule has 9 nitrogen and oxygen atoms in total. The SMILES string of the molecule is C[C@H]1CN(c2ccc(C(F)(F)F)cc2)C(=O)c2c(NC(=O)c3cn4cccnc4n3)cnn21.S. The summed E-state index contributed by atoms with van der Waals surface area (Å²) >= 11 is 0. The van der Waals surface area contributed by atoms with Gasteiger partial charge in [-0.2, -0.15) is 31.8 Å². The van der Waals surface area contributed by atoms with Crippen molar-refractivity contribution in [3.05, 3.63) is 72.1 Å². The highest BCUT2D eigenvalue weighted by molar-refractivity contribution is 7.59. The molecule has 0 aliphatic carbocycles. The molecule has 1 aliphatic heterocycles. The van der Waals surface area contributed by atoms with E-state index in [0.29, 0.717) is 11.5 Å². The van der Waals surface area contributed by atoms with Gasteiger partial charge in [-0.25, -0.2) is 9.97 Å². The van der Waals surface area contributed by atoms with Crippen LogP contribution in [0.2, 0.25) is 0 Å².